The van der Waals surface area contributed by atoms with Crippen LogP contribution < -0.4 is 11.1 Å². The largest absolute Gasteiger partial charge is 0.408 e. The van der Waals surface area contributed by atoms with Gasteiger partial charge in [-0.25, -0.2) is 0 Å². The van der Waals surface area contributed by atoms with Crippen molar-refractivity contribution in [3.8, 4) is 0 Å². The molecule has 0 radical (unpaired) electrons. The quantitative estimate of drug-likeness (QED) is 0.756. The van der Waals surface area contributed by atoms with Crippen molar-refractivity contribution >= 4 is 6.01 Å². The Morgan fingerprint density at radius 2 is 2.38 bits per heavy atom. The van der Waals surface area contributed by atoms with E-state index < -0.39 is 0 Å². The topological polar surface area (TPSA) is 86.2 Å². The van der Waals surface area contributed by atoms with Gasteiger partial charge in [0.25, 0.3) is 0 Å². The Morgan fingerprint density at radius 3 is 3.12 bits per heavy atom. The Kier molecular flexibility index (Phi) is 4.12. The minimum absolute atomic E-state index is 0.481. The van der Waals surface area contributed by atoms with Crippen molar-refractivity contribution in [2.24, 2.45) is 11.7 Å². The summed E-state index contributed by atoms with van der Waals surface area (Å²) in [5, 5.41) is 10.9. The molecule has 3 N–H and O–H groups in total. The molecule has 1 fully saturated rings. The van der Waals surface area contributed by atoms with Crippen LogP contribution in [0.1, 0.15) is 18.7 Å². The van der Waals surface area contributed by atoms with Crippen molar-refractivity contribution in [2.75, 3.05) is 31.6 Å². The van der Waals surface area contributed by atoms with Gasteiger partial charge in [-0.05, 0) is 18.8 Å². The Bertz CT molecular complexity index is 310. The molecule has 1 atom stereocenters. The van der Waals surface area contributed by atoms with E-state index in [1.807, 2.05) is 0 Å². The van der Waals surface area contributed by atoms with E-state index in [0.29, 0.717) is 30.8 Å². The highest BCUT2D eigenvalue weighted by Crippen LogP contribution is 2.14. The third-order valence-electron chi connectivity index (χ3n) is 2.62. The standard InChI is InChI=1S/C10H18N4O2/c11-4-3-9-13-14-10(16-9)12-6-8-2-1-5-15-7-8/h8H,1-7,11H2,(H,12,14). The zero-order valence-corrected chi connectivity index (χ0v) is 9.32. The van der Waals surface area contributed by atoms with Gasteiger partial charge in [0.15, 0.2) is 0 Å². The number of hydrogen-bond acceptors (Lipinski definition) is 6. The number of ether oxygens (including phenoxy) is 1. The molecule has 0 bridgehead atoms. The lowest BCUT2D eigenvalue weighted by Gasteiger charge is -2.21. The monoisotopic (exact) mass is 226 g/mol. The van der Waals surface area contributed by atoms with Crippen LogP contribution in [0.4, 0.5) is 6.01 Å². The van der Waals surface area contributed by atoms with Crippen molar-refractivity contribution in [3.63, 3.8) is 0 Å². The molecule has 2 heterocycles. The molecule has 0 spiro atoms. The SMILES string of the molecule is NCCc1nnc(NCC2CCCOC2)o1. The van der Waals surface area contributed by atoms with Crippen LogP contribution in [0.2, 0.25) is 0 Å². The predicted octanol–water partition coefficient (Wildman–Crippen LogP) is 0.409. The summed E-state index contributed by atoms with van der Waals surface area (Å²) in [7, 11) is 0. The van der Waals surface area contributed by atoms with E-state index in [-0.39, 0.29) is 0 Å². The van der Waals surface area contributed by atoms with Crippen LogP contribution in [-0.4, -0.2) is 36.5 Å². The van der Waals surface area contributed by atoms with E-state index in [1.54, 1.807) is 0 Å². The minimum Gasteiger partial charge on any atom is -0.408 e. The average Bonchev–Trinajstić information content (AvgIpc) is 2.76. The van der Waals surface area contributed by atoms with Crippen molar-refractivity contribution in [1.29, 1.82) is 0 Å². The second kappa shape index (κ2) is 5.81. The van der Waals surface area contributed by atoms with Crippen LogP contribution in [0.15, 0.2) is 4.42 Å². The van der Waals surface area contributed by atoms with Gasteiger partial charge in [-0.15, -0.1) is 5.10 Å². The fourth-order valence-electron chi connectivity index (χ4n) is 1.75. The first-order valence-corrected chi connectivity index (χ1v) is 5.72. The predicted molar refractivity (Wildman–Crippen MR) is 59.1 cm³/mol. The minimum atomic E-state index is 0.481. The van der Waals surface area contributed by atoms with Gasteiger partial charge in [0.1, 0.15) is 0 Å². The Hall–Kier alpha value is -1.14. The number of rotatable bonds is 5. The molecule has 16 heavy (non-hydrogen) atoms. The molecule has 1 aliphatic rings. The number of nitrogens with one attached hydrogen (secondary N) is 1. The first kappa shape index (κ1) is 11.3. The van der Waals surface area contributed by atoms with Crippen molar-refractivity contribution < 1.29 is 9.15 Å². The summed E-state index contributed by atoms with van der Waals surface area (Å²) in [5.41, 5.74) is 5.40. The van der Waals surface area contributed by atoms with Gasteiger partial charge in [0.05, 0.1) is 6.61 Å². The van der Waals surface area contributed by atoms with E-state index >= 15 is 0 Å². The second-order valence-electron chi connectivity index (χ2n) is 4.00. The fraction of sp³-hybridized carbons (Fsp3) is 0.800. The maximum Gasteiger partial charge on any atom is 0.315 e. The molecule has 1 saturated heterocycles. The molecule has 0 saturated carbocycles. The Morgan fingerprint density at radius 1 is 1.44 bits per heavy atom. The van der Waals surface area contributed by atoms with Crippen LogP contribution in [0.3, 0.4) is 0 Å². The van der Waals surface area contributed by atoms with Crippen LogP contribution in [0.5, 0.6) is 0 Å². The van der Waals surface area contributed by atoms with E-state index in [1.165, 1.54) is 6.42 Å². The fourth-order valence-corrected chi connectivity index (χ4v) is 1.75. The molecule has 6 heteroatoms. The summed E-state index contributed by atoms with van der Waals surface area (Å²) in [6.07, 6.45) is 2.95. The lowest BCUT2D eigenvalue weighted by Crippen LogP contribution is -2.24. The van der Waals surface area contributed by atoms with Gasteiger partial charge in [-0.2, -0.15) is 0 Å². The smallest absolute Gasteiger partial charge is 0.315 e. The number of aromatic nitrogens is 2. The van der Waals surface area contributed by atoms with E-state index in [2.05, 4.69) is 15.5 Å². The number of nitrogens with two attached hydrogens (primary N) is 1. The average molecular weight is 226 g/mol. The van der Waals surface area contributed by atoms with Crippen LogP contribution >= 0.6 is 0 Å². The molecule has 0 amide bonds. The molecular formula is C10H18N4O2. The molecule has 6 nitrogen and oxygen atoms in total. The van der Waals surface area contributed by atoms with Crippen molar-refractivity contribution in [2.45, 2.75) is 19.3 Å². The van der Waals surface area contributed by atoms with Gasteiger partial charge in [0.2, 0.25) is 5.89 Å². The highest BCUT2D eigenvalue weighted by Gasteiger charge is 2.14. The third kappa shape index (κ3) is 3.18. The van der Waals surface area contributed by atoms with Crippen LogP contribution in [0, 0.1) is 5.92 Å². The maximum atomic E-state index is 5.40. The third-order valence-corrected chi connectivity index (χ3v) is 2.62. The van der Waals surface area contributed by atoms with Crippen molar-refractivity contribution in [3.05, 3.63) is 5.89 Å². The molecule has 0 aromatic carbocycles. The van der Waals surface area contributed by atoms with Gasteiger partial charge in [-0.3, -0.25) is 0 Å². The molecule has 0 aliphatic carbocycles. The molecule has 2 rings (SSSR count). The molecule has 1 aliphatic heterocycles. The second-order valence-corrected chi connectivity index (χ2v) is 4.00. The first-order chi connectivity index (χ1) is 7.88. The summed E-state index contributed by atoms with van der Waals surface area (Å²) in [5.74, 6) is 1.13. The van der Waals surface area contributed by atoms with E-state index in [0.717, 1.165) is 26.2 Å². The normalized spacial score (nSPS) is 20.9. The van der Waals surface area contributed by atoms with Gasteiger partial charge >= 0.3 is 6.01 Å². The van der Waals surface area contributed by atoms with Crippen LogP contribution in [-0.2, 0) is 11.2 Å². The molecule has 1 aromatic heterocycles. The number of nitrogens with zero attached hydrogens (tertiary/aromatic N) is 2. The Labute approximate surface area is 94.6 Å². The maximum absolute atomic E-state index is 5.40. The van der Waals surface area contributed by atoms with Gasteiger partial charge < -0.3 is 20.2 Å². The van der Waals surface area contributed by atoms with Gasteiger partial charge in [0, 0.05) is 26.1 Å². The first-order valence-electron chi connectivity index (χ1n) is 5.72. The summed E-state index contributed by atoms with van der Waals surface area (Å²) in [4.78, 5) is 0. The number of anilines is 1. The van der Waals surface area contributed by atoms with E-state index in [9.17, 15) is 0 Å². The highest BCUT2D eigenvalue weighted by atomic mass is 16.5. The van der Waals surface area contributed by atoms with Crippen LogP contribution in [0.25, 0.3) is 0 Å². The lowest BCUT2D eigenvalue weighted by molar-refractivity contribution is 0.0593. The molecule has 90 valence electrons. The highest BCUT2D eigenvalue weighted by molar-refractivity contribution is 5.16. The summed E-state index contributed by atoms with van der Waals surface area (Å²) in [6, 6.07) is 0.481. The zero-order valence-electron chi connectivity index (χ0n) is 9.32. The lowest BCUT2D eigenvalue weighted by atomic mass is 10.0. The zero-order chi connectivity index (χ0) is 11.2. The molecular weight excluding hydrogens is 208 g/mol. The van der Waals surface area contributed by atoms with Gasteiger partial charge in [-0.1, -0.05) is 5.10 Å². The summed E-state index contributed by atoms with van der Waals surface area (Å²) < 4.78 is 10.8. The molecule has 1 aromatic rings. The number of hydrogen-bond donors (Lipinski definition) is 2. The summed E-state index contributed by atoms with van der Waals surface area (Å²) in [6.45, 7) is 3.05. The summed E-state index contributed by atoms with van der Waals surface area (Å²) >= 11 is 0. The van der Waals surface area contributed by atoms with Crippen molar-refractivity contribution in [1.82, 2.24) is 10.2 Å². The molecule has 1 unspecified atom stereocenters. The Balaban J connectivity index is 1.75. The van der Waals surface area contributed by atoms with E-state index in [4.69, 9.17) is 14.9 Å².